The zero-order valence-electron chi connectivity index (χ0n) is 18.8. The van der Waals surface area contributed by atoms with Gasteiger partial charge in [0.05, 0.1) is 12.2 Å². The Hall–Kier alpha value is -4.13. The first-order chi connectivity index (χ1) is 15.8. The van der Waals surface area contributed by atoms with Crippen LogP contribution in [0.2, 0.25) is 0 Å². The highest BCUT2D eigenvalue weighted by Crippen LogP contribution is 2.23. The number of carboxylic acids is 1. The Balaban J connectivity index is 1.87. The Morgan fingerprint density at radius 3 is 2.27 bits per heavy atom. The van der Waals surface area contributed by atoms with E-state index >= 15 is 0 Å². The number of carboxylic acid groups (broad SMARTS) is 1. The number of hydrogen-bond donors (Lipinski definition) is 2. The molecule has 3 rings (SSSR count). The summed E-state index contributed by atoms with van der Waals surface area (Å²) in [7, 11) is 0. The molecule has 0 aliphatic rings. The minimum absolute atomic E-state index is 0.120. The molecule has 3 aromatic carbocycles. The number of carbonyl (C=O) groups is 3. The minimum atomic E-state index is -1.05. The van der Waals surface area contributed by atoms with E-state index < -0.39 is 11.9 Å². The normalized spacial score (nSPS) is 10.4. The van der Waals surface area contributed by atoms with Gasteiger partial charge in [-0.25, -0.2) is 4.79 Å². The molecular weight excluding hydrogens is 420 g/mol. The molecule has 2 N–H and O–H groups in total. The monoisotopic (exact) mass is 446 g/mol. The Bertz CT molecular complexity index is 1170. The lowest BCUT2D eigenvalue weighted by Gasteiger charge is -2.23. The van der Waals surface area contributed by atoms with E-state index in [4.69, 9.17) is 9.84 Å². The number of anilines is 2. The maximum atomic E-state index is 13.4. The third-order valence-corrected chi connectivity index (χ3v) is 5.16. The second-order valence-corrected chi connectivity index (χ2v) is 7.55. The molecule has 7 nitrogen and oxygen atoms in total. The first kappa shape index (κ1) is 23.5. The van der Waals surface area contributed by atoms with E-state index in [0.717, 1.165) is 11.1 Å². The number of aromatic carboxylic acids is 1. The molecule has 0 aliphatic heterocycles. The SMILES string of the molecule is CCOc1cccc(C(=O)N(CC(=O)Nc2ccc(C(=O)O)cc2)c2ccc(C)c(C)c2)c1. The number of nitrogens with one attached hydrogen (secondary N) is 1. The fraction of sp³-hybridized carbons (Fsp3) is 0.192. The van der Waals surface area contributed by atoms with Gasteiger partial charge in [-0.1, -0.05) is 12.1 Å². The van der Waals surface area contributed by atoms with Crippen molar-refractivity contribution in [3.63, 3.8) is 0 Å². The number of benzene rings is 3. The molecule has 33 heavy (non-hydrogen) atoms. The van der Waals surface area contributed by atoms with Gasteiger partial charge in [0.2, 0.25) is 5.91 Å². The van der Waals surface area contributed by atoms with Crippen molar-refractivity contribution in [1.29, 1.82) is 0 Å². The highest BCUT2D eigenvalue weighted by Gasteiger charge is 2.22. The highest BCUT2D eigenvalue weighted by molar-refractivity contribution is 6.10. The van der Waals surface area contributed by atoms with E-state index in [1.807, 2.05) is 39.0 Å². The second-order valence-electron chi connectivity index (χ2n) is 7.55. The number of hydrogen-bond acceptors (Lipinski definition) is 4. The van der Waals surface area contributed by atoms with Crippen molar-refractivity contribution in [3.8, 4) is 5.75 Å². The van der Waals surface area contributed by atoms with Crippen LogP contribution in [0.25, 0.3) is 0 Å². The van der Waals surface area contributed by atoms with Crippen LogP contribution in [0, 0.1) is 13.8 Å². The number of nitrogens with zero attached hydrogens (tertiary/aromatic N) is 1. The van der Waals surface area contributed by atoms with Crippen LogP contribution in [-0.2, 0) is 4.79 Å². The molecule has 170 valence electrons. The molecule has 0 saturated carbocycles. The molecule has 0 heterocycles. The topological polar surface area (TPSA) is 95.9 Å². The average molecular weight is 447 g/mol. The highest BCUT2D eigenvalue weighted by atomic mass is 16.5. The number of aryl methyl sites for hydroxylation is 2. The standard InChI is InChI=1S/C26H26N2O5/c1-4-33-23-7-5-6-20(15-23)25(30)28(22-13-8-17(2)18(3)14-22)16-24(29)27-21-11-9-19(10-12-21)26(31)32/h5-15H,4,16H2,1-3H3,(H,27,29)(H,31,32). The van der Waals surface area contributed by atoms with Crippen molar-refractivity contribution >= 4 is 29.2 Å². The lowest BCUT2D eigenvalue weighted by Crippen LogP contribution is -2.38. The van der Waals surface area contributed by atoms with E-state index in [1.165, 1.54) is 29.2 Å². The van der Waals surface area contributed by atoms with Gasteiger partial charge in [-0.05, 0) is 86.5 Å². The molecule has 3 aromatic rings. The van der Waals surface area contributed by atoms with Crippen LogP contribution in [0.1, 0.15) is 38.8 Å². The largest absolute Gasteiger partial charge is 0.494 e. The molecule has 0 radical (unpaired) electrons. The molecule has 2 amide bonds. The summed E-state index contributed by atoms with van der Waals surface area (Å²) >= 11 is 0. The van der Waals surface area contributed by atoms with E-state index in [-0.39, 0.29) is 18.0 Å². The second kappa shape index (κ2) is 10.5. The molecule has 0 saturated heterocycles. The van der Waals surface area contributed by atoms with Crippen LogP contribution in [0.15, 0.2) is 66.7 Å². The predicted molar refractivity (Wildman–Crippen MR) is 127 cm³/mol. The molecule has 0 spiro atoms. The van der Waals surface area contributed by atoms with Crippen molar-refractivity contribution in [3.05, 3.63) is 89.0 Å². The predicted octanol–water partition coefficient (Wildman–Crippen LogP) is 4.69. The van der Waals surface area contributed by atoms with Gasteiger partial charge < -0.3 is 15.2 Å². The van der Waals surface area contributed by atoms with E-state index in [1.54, 1.807) is 24.3 Å². The minimum Gasteiger partial charge on any atom is -0.494 e. The van der Waals surface area contributed by atoms with Crippen molar-refractivity contribution in [1.82, 2.24) is 0 Å². The lowest BCUT2D eigenvalue weighted by molar-refractivity contribution is -0.114. The number of carbonyl (C=O) groups excluding carboxylic acids is 2. The van der Waals surface area contributed by atoms with Gasteiger partial charge in [-0.3, -0.25) is 14.5 Å². The quantitative estimate of drug-likeness (QED) is 0.524. The summed E-state index contributed by atoms with van der Waals surface area (Å²) in [5.74, 6) is -1.22. The Morgan fingerprint density at radius 1 is 0.909 bits per heavy atom. The van der Waals surface area contributed by atoms with E-state index in [2.05, 4.69) is 5.32 Å². The van der Waals surface area contributed by atoms with Crippen molar-refractivity contribution in [2.45, 2.75) is 20.8 Å². The molecule has 0 fully saturated rings. The van der Waals surface area contributed by atoms with Crippen molar-refractivity contribution in [2.24, 2.45) is 0 Å². The van der Waals surface area contributed by atoms with Crippen LogP contribution >= 0.6 is 0 Å². The third-order valence-electron chi connectivity index (χ3n) is 5.16. The zero-order chi connectivity index (χ0) is 24.0. The first-order valence-corrected chi connectivity index (χ1v) is 10.5. The first-order valence-electron chi connectivity index (χ1n) is 10.5. The lowest BCUT2D eigenvalue weighted by atomic mass is 10.1. The molecule has 0 atom stereocenters. The van der Waals surface area contributed by atoms with Crippen LogP contribution in [0.4, 0.5) is 11.4 Å². The van der Waals surface area contributed by atoms with Crippen LogP contribution in [0.3, 0.4) is 0 Å². The van der Waals surface area contributed by atoms with Gasteiger partial charge in [-0.2, -0.15) is 0 Å². The number of amides is 2. The Kier molecular flexibility index (Phi) is 7.46. The van der Waals surface area contributed by atoms with Gasteiger partial charge in [0, 0.05) is 16.9 Å². The summed E-state index contributed by atoms with van der Waals surface area (Å²) < 4.78 is 5.51. The summed E-state index contributed by atoms with van der Waals surface area (Å²) in [5, 5.41) is 11.7. The maximum absolute atomic E-state index is 13.4. The summed E-state index contributed by atoms with van der Waals surface area (Å²) in [4.78, 5) is 38.7. The fourth-order valence-electron chi connectivity index (χ4n) is 3.26. The van der Waals surface area contributed by atoms with Gasteiger partial charge >= 0.3 is 5.97 Å². The van der Waals surface area contributed by atoms with E-state index in [0.29, 0.717) is 29.3 Å². The molecule has 0 unspecified atom stereocenters. The Morgan fingerprint density at radius 2 is 1.64 bits per heavy atom. The molecule has 7 heteroatoms. The van der Waals surface area contributed by atoms with Crippen LogP contribution in [0.5, 0.6) is 5.75 Å². The number of rotatable bonds is 8. The zero-order valence-corrected chi connectivity index (χ0v) is 18.8. The fourth-order valence-corrected chi connectivity index (χ4v) is 3.26. The van der Waals surface area contributed by atoms with Gasteiger partial charge in [-0.15, -0.1) is 0 Å². The summed E-state index contributed by atoms with van der Waals surface area (Å²) in [6, 6.07) is 18.3. The number of ether oxygens (including phenoxy) is 1. The van der Waals surface area contributed by atoms with Crippen LogP contribution in [-0.4, -0.2) is 36.0 Å². The molecular formula is C26H26N2O5. The van der Waals surface area contributed by atoms with Gasteiger partial charge in [0.1, 0.15) is 12.3 Å². The third kappa shape index (κ3) is 5.98. The van der Waals surface area contributed by atoms with E-state index in [9.17, 15) is 14.4 Å². The average Bonchev–Trinajstić information content (AvgIpc) is 2.80. The molecule has 0 aromatic heterocycles. The molecule has 0 bridgehead atoms. The van der Waals surface area contributed by atoms with Gasteiger partial charge in [0.25, 0.3) is 5.91 Å². The molecule has 0 aliphatic carbocycles. The van der Waals surface area contributed by atoms with Crippen LogP contribution < -0.4 is 15.0 Å². The summed E-state index contributed by atoms with van der Waals surface area (Å²) in [6.07, 6.45) is 0. The Labute approximate surface area is 192 Å². The van der Waals surface area contributed by atoms with Crippen molar-refractivity contribution < 1.29 is 24.2 Å². The van der Waals surface area contributed by atoms with Gasteiger partial charge in [0.15, 0.2) is 0 Å². The van der Waals surface area contributed by atoms with Crippen molar-refractivity contribution in [2.75, 3.05) is 23.4 Å². The summed E-state index contributed by atoms with van der Waals surface area (Å²) in [5.41, 5.74) is 3.63. The maximum Gasteiger partial charge on any atom is 0.335 e. The smallest absolute Gasteiger partial charge is 0.335 e. The summed E-state index contributed by atoms with van der Waals surface area (Å²) in [6.45, 7) is 6.04.